The molecule has 7 heavy (non-hydrogen) atoms. The van der Waals surface area contributed by atoms with Gasteiger partial charge in [0, 0.05) is 0 Å². The average Bonchev–Trinajstić information content (AvgIpc) is 1.30. The van der Waals surface area contributed by atoms with E-state index in [9.17, 15) is 0 Å². The number of rotatable bonds is 2. The van der Waals surface area contributed by atoms with Crippen molar-refractivity contribution in [1.29, 1.82) is 0 Å². The van der Waals surface area contributed by atoms with Gasteiger partial charge in [0.25, 0.3) is 0 Å². The molecule has 0 bridgehead atoms. The molecule has 0 aromatic rings. The molecule has 0 rings (SSSR count). The molecule has 0 unspecified atom stereocenters. The Bertz CT molecular complexity index is 48.1. The summed E-state index contributed by atoms with van der Waals surface area (Å²) in [4.78, 5) is 7.20. The van der Waals surface area contributed by atoms with Gasteiger partial charge in [-0.25, -0.2) is 0 Å². The van der Waals surface area contributed by atoms with E-state index in [0.29, 0.717) is 0 Å². The van der Waals surface area contributed by atoms with E-state index >= 15 is 0 Å². The molecule has 0 aromatic carbocycles. The SMILES string of the molecule is [CH3][Sn]([CH3])([CH3])[S]CS. The molecule has 44 valence electrons. The normalized spacial score (nSPS) is 12.0. The minimum atomic E-state index is -1.44. The first kappa shape index (κ1) is 8.50. The van der Waals surface area contributed by atoms with Crippen molar-refractivity contribution in [3.63, 3.8) is 0 Å². The Balaban J connectivity index is 3.15. The molecule has 0 aliphatic carbocycles. The predicted molar refractivity (Wildman–Crippen MR) is 44.8 cm³/mol. The first-order valence-corrected chi connectivity index (χ1v) is 16.0. The van der Waals surface area contributed by atoms with Crippen LogP contribution in [-0.2, 0) is 0 Å². The standard InChI is InChI=1S/CH4S2.3CH3.Sn/c2-1-3;;;;/h2-3H,1H2;3*1H3;/q;;;;+1/p-1. The van der Waals surface area contributed by atoms with Gasteiger partial charge in [0.2, 0.25) is 0 Å². The monoisotopic (exact) mass is 244 g/mol. The summed E-state index contributed by atoms with van der Waals surface area (Å²) >= 11 is 2.69. The molecular weight excluding hydrogens is 231 g/mol. The molecule has 0 aromatic heterocycles. The van der Waals surface area contributed by atoms with Crippen molar-refractivity contribution in [2.24, 2.45) is 0 Å². The molecule has 0 aliphatic heterocycles. The van der Waals surface area contributed by atoms with Crippen LogP contribution < -0.4 is 0 Å². The first-order chi connectivity index (χ1) is 3.06. The number of hydrogen-bond donors (Lipinski definition) is 1. The van der Waals surface area contributed by atoms with E-state index in [0.717, 1.165) is 5.08 Å². The molecule has 0 heterocycles. The first-order valence-electron chi connectivity index (χ1n) is 2.31. The molecule has 0 radical (unpaired) electrons. The second-order valence-corrected chi connectivity index (χ2v) is 26.5. The van der Waals surface area contributed by atoms with Crippen LogP contribution >= 0.6 is 21.6 Å². The van der Waals surface area contributed by atoms with Crippen molar-refractivity contribution in [3.8, 4) is 0 Å². The van der Waals surface area contributed by atoms with Crippen LogP contribution in [0.4, 0.5) is 0 Å². The van der Waals surface area contributed by atoms with Crippen LogP contribution in [-0.4, -0.2) is 22.1 Å². The van der Waals surface area contributed by atoms with Crippen LogP contribution in [0.5, 0.6) is 0 Å². The molecule has 0 amide bonds. The summed E-state index contributed by atoms with van der Waals surface area (Å²) in [5, 5.41) is 1.01. The van der Waals surface area contributed by atoms with Crippen molar-refractivity contribution in [3.05, 3.63) is 0 Å². The van der Waals surface area contributed by atoms with E-state index in [1.54, 1.807) is 0 Å². The fourth-order valence-corrected chi connectivity index (χ4v) is 11.7. The second kappa shape index (κ2) is 3.51. The van der Waals surface area contributed by atoms with Gasteiger partial charge in [0.15, 0.2) is 0 Å². The summed E-state index contributed by atoms with van der Waals surface area (Å²) in [6.45, 7) is 0. The van der Waals surface area contributed by atoms with Crippen LogP contribution in [0.15, 0.2) is 0 Å². The van der Waals surface area contributed by atoms with Crippen LogP contribution in [0.1, 0.15) is 0 Å². The molecule has 0 saturated carbocycles. The summed E-state index contributed by atoms with van der Waals surface area (Å²) in [5.41, 5.74) is 0. The summed E-state index contributed by atoms with van der Waals surface area (Å²) in [6.07, 6.45) is 0. The zero-order valence-corrected chi connectivity index (χ0v) is 9.63. The molecule has 0 atom stereocenters. The summed E-state index contributed by atoms with van der Waals surface area (Å²) in [7, 11) is 2.06. The van der Waals surface area contributed by atoms with Gasteiger partial charge >= 0.3 is 58.5 Å². The predicted octanol–water partition coefficient (Wildman–Crippen LogP) is 2.44. The summed E-state index contributed by atoms with van der Waals surface area (Å²) in [6, 6.07) is 0. The van der Waals surface area contributed by atoms with Crippen LogP contribution in [0, 0.1) is 0 Å². The molecule has 0 aliphatic rings. The third kappa shape index (κ3) is 7.50. The van der Waals surface area contributed by atoms with Gasteiger partial charge in [-0.15, -0.1) is 0 Å². The third-order valence-corrected chi connectivity index (χ3v) is 12.6. The Kier molecular flexibility index (Phi) is 4.26. The molecule has 0 spiro atoms. The Morgan fingerprint density at radius 3 is 1.86 bits per heavy atom. The Hall–Kier alpha value is 1.50. The Morgan fingerprint density at radius 1 is 1.43 bits per heavy atom. The Labute approximate surface area is 58.2 Å². The molecule has 0 saturated heterocycles. The second-order valence-electron chi connectivity index (χ2n) is 2.39. The van der Waals surface area contributed by atoms with Gasteiger partial charge in [-0.2, -0.15) is 0 Å². The quantitative estimate of drug-likeness (QED) is 0.441. The fraction of sp³-hybridized carbons (Fsp3) is 1.00. The maximum absolute atomic E-state index is 4.13. The summed E-state index contributed by atoms with van der Waals surface area (Å²) < 4.78 is 0. The van der Waals surface area contributed by atoms with E-state index < -0.39 is 17.0 Å². The van der Waals surface area contributed by atoms with E-state index in [-0.39, 0.29) is 0 Å². The number of thiol groups is 1. The van der Waals surface area contributed by atoms with E-state index in [4.69, 9.17) is 0 Å². The van der Waals surface area contributed by atoms with Gasteiger partial charge in [0.1, 0.15) is 0 Å². The minimum absolute atomic E-state index is 1.01. The molecular formula is C4H12S2Sn. The van der Waals surface area contributed by atoms with E-state index in [1.807, 2.05) is 0 Å². The van der Waals surface area contributed by atoms with E-state index in [1.165, 1.54) is 0 Å². The zero-order valence-electron chi connectivity index (χ0n) is 5.06. The van der Waals surface area contributed by atoms with Gasteiger partial charge < -0.3 is 0 Å². The van der Waals surface area contributed by atoms with Crippen LogP contribution in [0.2, 0.25) is 14.8 Å². The maximum atomic E-state index is 4.13. The van der Waals surface area contributed by atoms with Crippen LogP contribution in [0.3, 0.4) is 0 Å². The van der Waals surface area contributed by atoms with Gasteiger partial charge in [-0.05, 0) is 0 Å². The number of hydrogen-bond acceptors (Lipinski definition) is 2. The molecule has 0 nitrogen and oxygen atoms in total. The average molecular weight is 243 g/mol. The fourth-order valence-electron chi connectivity index (χ4n) is 0.194. The van der Waals surface area contributed by atoms with Crippen molar-refractivity contribution in [2.75, 3.05) is 5.08 Å². The van der Waals surface area contributed by atoms with Crippen molar-refractivity contribution < 1.29 is 0 Å². The van der Waals surface area contributed by atoms with Crippen molar-refractivity contribution >= 4 is 38.6 Å². The van der Waals surface area contributed by atoms with Gasteiger partial charge in [-0.3, -0.25) is 0 Å². The summed E-state index contributed by atoms with van der Waals surface area (Å²) in [5.74, 6) is 0. The zero-order chi connectivity index (χ0) is 5.91. The van der Waals surface area contributed by atoms with Crippen LogP contribution in [0.25, 0.3) is 0 Å². The molecule has 0 N–H and O–H groups in total. The Morgan fingerprint density at radius 2 is 1.86 bits per heavy atom. The van der Waals surface area contributed by atoms with Crippen molar-refractivity contribution in [1.82, 2.24) is 0 Å². The molecule has 0 fully saturated rings. The van der Waals surface area contributed by atoms with Gasteiger partial charge in [0.05, 0.1) is 0 Å². The third-order valence-electron chi connectivity index (χ3n) is 0.498. The van der Waals surface area contributed by atoms with E-state index in [2.05, 4.69) is 36.4 Å². The van der Waals surface area contributed by atoms with Gasteiger partial charge in [-0.1, -0.05) is 0 Å². The topological polar surface area (TPSA) is 0 Å². The molecule has 3 heteroatoms. The van der Waals surface area contributed by atoms with Crippen molar-refractivity contribution in [2.45, 2.75) is 14.8 Å².